The van der Waals surface area contributed by atoms with Crippen LogP contribution < -0.4 is 19.7 Å². The summed E-state index contributed by atoms with van der Waals surface area (Å²) in [6.45, 7) is 2.24. The molecule has 0 atom stereocenters. The number of benzene rings is 3. The highest BCUT2D eigenvalue weighted by atomic mass is 79.9. The number of carbonyl (C=O) groups is 3. The van der Waals surface area contributed by atoms with Gasteiger partial charge < -0.3 is 9.47 Å². The van der Waals surface area contributed by atoms with E-state index in [1.165, 1.54) is 18.2 Å². The van der Waals surface area contributed by atoms with Crippen molar-refractivity contribution < 1.29 is 28.2 Å². The molecule has 1 saturated heterocycles. The minimum Gasteiger partial charge on any atom is -0.490 e. The summed E-state index contributed by atoms with van der Waals surface area (Å²) >= 11 is 3.45. The van der Waals surface area contributed by atoms with Gasteiger partial charge in [0.25, 0.3) is 11.8 Å². The molecule has 9 heteroatoms. The van der Waals surface area contributed by atoms with Gasteiger partial charge in [0.2, 0.25) is 0 Å². The van der Waals surface area contributed by atoms with E-state index in [0.717, 1.165) is 4.90 Å². The average Bonchev–Trinajstić information content (AvgIpc) is 2.82. The van der Waals surface area contributed by atoms with Crippen LogP contribution in [0.25, 0.3) is 6.08 Å². The lowest BCUT2D eigenvalue weighted by Crippen LogP contribution is -2.54. The van der Waals surface area contributed by atoms with Gasteiger partial charge in [0.05, 0.1) is 16.8 Å². The van der Waals surface area contributed by atoms with E-state index in [2.05, 4.69) is 21.2 Å². The fraction of sp³-hybridized carbons (Fsp3) is 0.115. The largest absolute Gasteiger partial charge is 0.490 e. The molecule has 3 aromatic rings. The fourth-order valence-electron chi connectivity index (χ4n) is 3.49. The van der Waals surface area contributed by atoms with E-state index in [0.29, 0.717) is 39.4 Å². The smallest absolute Gasteiger partial charge is 0.335 e. The third-order valence-corrected chi connectivity index (χ3v) is 5.62. The lowest BCUT2D eigenvalue weighted by molar-refractivity contribution is -0.122. The van der Waals surface area contributed by atoms with Crippen molar-refractivity contribution >= 4 is 45.5 Å². The number of urea groups is 1. The van der Waals surface area contributed by atoms with Gasteiger partial charge in [-0.2, -0.15) is 0 Å². The minimum absolute atomic E-state index is 0.103. The van der Waals surface area contributed by atoms with E-state index < -0.39 is 17.8 Å². The van der Waals surface area contributed by atoms with Gasteiger partial charge >= 0.3 is 6.03 Å². The molecule has 1 N–H and O–H groups in total. The molecular formula is C26H20BrFN2O5. The first-order chi connectivity index (χ1) is 16.9. The van der Waals surface area contributed by atoms with Crippen LogP contribution in [0.3, 0.4) is 0 Å². The van der Waals surface area contributed by atoms with Gasteiger partial charge in [-0.25, -0.2) is 14.1 Å². The third-order valence-electron chi connectivity index (χ3n) is 5.03. The SMILES string of the molecule is CCOc1cc(/C=C2\C(=O)NC(=O)N(c3ccccc3)C2=O)cc(Br)c1OCc1cccc(F)c1. The molecule has 1 fully saturated rings. The maximum Gasteiger partial charge on any atom is 0.335 e. The molecule has 0 saturated carbocycles. The van der Waals surface area contributed by atoms with E-state index in [1.807, 2.05) is 0 Å². The fourth-order valence-corrected chi connectivity index (χ4v) is 4.07. The Morgan fingerprint density at radius 3 is 2.49 bits per heavy atom. The molecule has 0 radical (unpaired) electrons. The first kappa shape index (κ1) is 24.2. The van der Waals surface area contributed by atoms with Crippen molar-refractivity contribution in [3.8, 4) is 11.5 Å². The molecule has 0 unspecified atom stereocenters. The number of carbonyl (C=O) groups excluding carboxylic acids is 3. The van der Waals surface area contributed by atoms with Gasteiger partial charge in [0, 0.05) is 0 Å². The van der Waals surface area contributed by atoms with E-state index >= 15 is 0 Å². The number of anilines is 1. The molecule has 4 rings (SSSR count). The van der Waals surface area contributed by atoms with E-state index in [-0.39, 0.29) is 18.0 Å². The van der Waals surface area contributed by atoms with Crippen LogP contribution in [0.15, 0.2) is 76.8 Å². The summed E-state index contributed by atoms with van der Waals surface area (Å²) in [6, 6.07) is 16.8. The summed E-state index contributed by atoms with van der Waals surface area (Å²) in [5, 5.41) is 2.20. The number of nitrogens with one attached hydrogen (secondary N) is 1. The summed E-state index contributed by atoms with van der Waals surface area (Å²) in [4.78, 5) is 38.8. The van der Waals surface area contributed by atoms with Crippen molar-refractivity contribution in [1.82, 2.24) is 5.32 Å². The van der Waals surface area contributed by atoms with Crippen molar-refractivity contribution in [2.24, 2.45) is 0 Å². The lowest BCUT2D eigenvalue weighted by atomic mass is 10.1. The Balaban J connectivity index is 1.66. The van der Waals surface area contributed by atoms with Crippen LogP contribution >= 0.6 is 15.9 Å². The molecule has 4 amide bonds. The van der Waals surface area contributed by atoms with E-state index in [9.17, 15) is 18.8 Å². The second-order valence-corrected chi connectivity index (χ2v) is 8.33. The zero-order chi connectivity index (χ0) is 24.9. The number of hydrogen-bond donors (Lipinski definition) is 1. The van der Waals surface area contributed by atoms with Crippen LogP contribution in [0.4, 0.5) is 14.9 Å². The minimum atomic E-state index is -0.819. The number of para-hydroxylation sites is 1. The van der Waals surface area contributed by atoms with Crippen LogP contribution in [-0.2, 0) is 16.2 Å². The summed E-state index contributed by atoms with van der Waals surface area (Å²) < 4.78 is 25.6. The average molecular weight is 539 g/mol. The highest BCUT2D eigenvalue weighted by Gasteiger charge is 2.36. The van der Waals surface area contributed by atoms with Gasteiger partial charge in [0.1, 0.15) is 18.0 Å². The molecule has 1 aliphatic heterocycles. The topological polar surface area (TPSA) is 84.9 Å². The Labute approximate surface area is 209 Å². The molecular weight excluding hydrogens is 519 g/mol. The Morgan fingerprint density at radius 1 is 1.00 bits per heavy atom. The molecule has 1 heterocycles. The Morgan fingerprint density at radius 2 is 1.77 bits per heavy atom. The number of nitrogens with zero attached hydrogens (tertiary/aromatic N) is 1. The number of imide groups is 2. The molecule has 0 aliphatic carbocycles. The quantitative estimate of drug-likeness (QED) is 0.328. The van der Waals surface area contributed by atoms with Crippen LogP contribution in [0.5, 0.6) is 11.5 Å². The van der Waals surface area contributed by atoms with Crippen molar-refractivity contribution in [1.29, 1.82) is 0 Å². The number of barbiturate groups is 1. The van der Waals surface area contributed by atoms with E-state index in [4.69, 9.17) is 9.47 Å². The van der Waals surface area contributed by atoms with Crippen molar-refractivity contribution in [2.45, 2.75) is 13.5 Å². The number of hydrogen-bond acceptors (Lipinski definition) is 5. The normalized spacial score (nSPS) is 14.8. The maximum atomic E-state index is 13.5. The molecule has 178 valence electrons. The predicted octanol–water partition coefficient (Wildman–Crippen LogP) is 5.23. The second kappa shape index (κ2) is 10.5. The standard InChI is InChI=1S/C26H20BrFN2O5/c1-2-34-22-14-17(13-21(27)23(22)35-15-16-7-6-8-18(28)11-16)12-20-24(31)29-26(33)30(25(20)32)19-9-4-3-5-10-19/h3-14H,2,15H2,1H3,(H,29,31,33)/b20-12+. The lowest BCUT2D eigenvalue weighted by Gasteiger charge is -2.26. The number of halogens is 2. The van der Waals surface area contributed by atoms with Crippen LogP contribution in [0.1, 0.15) is 18.1 Å². The predicted molar refractivity (Wildman–Crippen MR) is 131 cm³/mol. The highest BCUT2D eigenvalue weighted by molar-refractivity contribution is 9.10. The van der Waals surface area contributed by atoms with E-state index in [1.54, 1.807) is 61.5 Å². The Hall–Kier alpha value is -3.98. The van der Waals surface area contributed by atoms with Crippen molar-refractivity contribution in [3.63, 3.8) is 0 Å². The molecule has 35 heavy (non-hydrogen) atoms. The molecule has 0 aromatic heterocycles. The summed E-state index contributed by atoms with van der Waals surface area (Å²) in [6.07, 6.45) is 1.38. The summed E-state index contributed by atoms with van der Waals surface area (Å²) in [7, 11) is 0. The Bertz CT molecular complexity index is 1330. The monoisotopic (exact) mass is 538 g/mol. The number of rotatable bonds is 7. The number of amides is 4. The first-order valence-electron chi connectivity index (χ1n) is 10.7. The molecule has 0 bridgehead atoms. The zero-order valence-electron chi connectivity index (χ0n) is 18.6. The molecule has 3 aromatic carbocycles. The molecule has 1 aliphatic rings. The molecule has 0 spiro atoms. The second-order valence-electron chi connectivity index (χ2n) is 7.47. The first-order valence-corrected chi connectivity index (χ1v) is 11.5. The van der Waals surface area contributed by atoms with Gasteiger partial charge in [-0.3, -0.25) is 14.9 Å². The van der Waals surface area contributed by atoms with Crippen LogP contribution in [0.2, 0.25) is 0 Å². The number of ether oxygens (including phenoxy) is 2. The highest BCUT2D eigenvalue weighted by Crippen LogP contribution is 2.38. The van der Waals surface area contributed by atoms with Crippen LogP contribution in [-0.4, -0.2) is 24.5 Å². The summed E-state index contributed by atoms with van der Waals surface area (Å²) in [5.41, 5.74) is 1.24. The Kier molecular flexibility index (Phi) is 7.26. The van der Waals surface area contributed by atoms with Gasteiger partial charge in [0.15, 0.2) is 11.5 Å². The van der Waals surface area contributed by atoms with Gasteiger partial charge in [-0.05, 0) is 76.5 Å². The van der Waals surface area contributed by atoms with Crippen molar-refractivity contribution in [3.05, 3.63) is 93.7 Å². The summed E-state index contributed by atoms with van der Waals surface area (Å²) in [5.74, 6) is -1.16. The molecule has 7 nitrogen and oxygen atoms in total. The third kappa shape index (κ3) is 5.41. The zero-order valence-corrected chi connectivity index (χ0v) is 20.2. The van der Waals surface area contributed by atoms with Crippen LogP contribution in [0, 0.1) is 5.82 Å². The van der Waals surface area contributed by atoms with Gasteiger partial charge in [-0.1, -0.05) is 30.3 Å². The maximum absolute atomic E-state index is 13.5. The van der Waals surface area contributed by atoms with Crippen molar-refractivity contribution in [2.75, 3.05) is 11.5 Å². The van der Waals surface area contributed by atoms with Gasteiger partial charge in [-0.15, -0.1) is 0 Å².